The minimum atomic E-state index is -2.91. The largest absolute Gasteiger partial charge is 0.435 e. The molecule has 6 nitrogen and oxygen atoms in total. The van der Waals surface area contributed by atoms with Crippen molar-refractivity contribution >= 4 is 28.4 Å². The lowest BCUT2D eigenvalue weighted by Gasteiger charge is -2.13. The number of aryl methyl sites for hydroxylation is 1. The Balaban J connectivity index is 1.66. The summed E-state index contributed by atoms with van der Waals surface area (Å²) in [6.07, 6.45) is 0. The second kappa shape index (κ2) is 8.67. The number of fused-ring (bicyclic) bond motifs is 3. The number of nitrogens with zero attached hydrogens (tertiary/aromatic N) is 4. The zero-order valence-corrected chi connectivity index (χ0v) is 18.3. The van der Waals surface area contributed by atoms with Crippen LogP contribution in [0.15, 0.2) is 82.7 Å². The van der Waals surface area contributed by atoms with E-state index < -0.39 is 6.61 Å². The molecule has 33 heavy (non-hydrogen) atoms. The molecule has 0 aliphatic heterocycles. The average molecular weight is 464 g/mol. The van der Waals surface area contributed by atoms with E-state index >= 15 is 0 Å². The van der Waals surface area contributed by atoms with E-state index in [1.54, 1.807) is 28.8 Å². The van der Waals surface area contributed by atoms with Crippen LogP contribution in [0, 0.1) is 6.92 Å². The van der Waals surface area contributed by atoms with Gasteiger partial charge in [0.05, 0.1) is 16.6 Å². The normalized spacial score (nSPS) is 11.5. The van der Waals surface area contributed by atoms with Crippen LogP contribution in [0.5, 0.6) is 5.75 Å². The summed E-state index contributed by atoms with van der Waals surface area (Å²) in [5, 5.41) is 9.73. The van der Waals surface area contributed by atoms with Crippen LogP contribution in [-0.2, 0) is 5.75 Å². The summed E-state index contributed by atoms with van der Waals surface area (Å²) in [4.78, 5) is 13.4. The van der Waals surface area contributed by atoms with E-state index in [0.29, 0.717) is 33.2 Å². The minimum absolute atomic E-state index is 0.121. The molecule has 2 aromatic heterocycles. The molecule has 0 aliphatic rings. The van der Waals surface area contributed by atoms with E-state index in [2.05, 4.69) is 14.9 Å². The fourth-order valence-electron chi connectivity index (χ4n) is 3.78. The first-order valence-electron chi connectivity index (χ1n) is 10.1. The van der Waals surface area contributed by atoms with Crippen LogP contribution in [0.3, 0.4) is 0 Å². The van der Waals surface area contributed by atoms with E-state index in [-0.39, 0.29) is 11.3 Å². The zero-order valence-electron chi connectivity index (χ0n) is 17.5. The van der Waals surface area contributed by atoms with Crippen molar-refractivity contribution in [3.63, 3.8) is 0 Å². The molecule has 9 heteroatoms. The fraction of sp³-hybridized carbons (Fsp3) is 0.125. The highest BCUT2D eigenvalue weighted by Crippen LogP contribution is 2.30. The molecule has 0 saturated carbocycles. The van der Waals surface area contributed by atoms with Gasteiger partial charge in [0, 0.05) is 11.3 Å². The first-order valence-corrected chi connectivity index (χ1v) is 11.1. The van der Waals surface area contributed by atoms with Crippen LogP contribution < -0.4 is 10.3 Å². The predicted molar refractivity (Wildman–Crippen MR) is 123 cm³/mol. The molecular formula is C24H18F2N4O2S. The molecule has 0 N–H and O–H groups in total. The number of hydrogen-bond donors (Lipinski definition) is 0. The van der Waals surface area contributed by atoms with Gasteiger partial charge in [-0.1, -0.05) is 60.3 Å². The van der Waals surface area contributed by atoms with Crippen molar-refractivity contribution in [2.75, 3.05) is 0 Å². The molecule has 2 heterocycles. The standard InChI is InChI=1S/C24H18F2N4O2S/c1-15-8-2-5-11-18(15)29-21(31)17-10-4-6-12-19(17)30-23(29)27-28-24(30)33-14-16-9-3-7-13-20(16)32-22(25)26/h2-13,22H,14H2,1H3. The van der Waals surface area contributed by atoms with Gasteiger partial charge in [-0.3, -0.25) is 9.20 Å². The van der Waals surface area contributed by atoms with Crippen molar-refractivity contribution in [2.24, 2.45) is 0 Å². The maximum Gasteiger partial charge on any atom is 0.387 e. The number of halogens is 2. The van der Waals surface area contributed by atoms with Gasteiger partial charge in [0.1, 0.15) is 5.75 Å². The summed E-state index contributed by atoms with van der Waals surface area (Å²) >= 11 is 1.33. The Hall–Kier alpha value is -3.72. The Labute approximate surface area is 191 Å². The number of para-hydroxylation sites is 3. The van der Waals surface area contributed by atoms with Crippen LogP contribution >= 0.6 is 11.8 Å². The fourth-order valence-corrected chi connectivity index (χ4v) is 4.71. The number of thioether (sulfide) groups is 1. The van der Waals surface area contributed by atoms with Crippen LogP contribution in [-0.4, -0.2) is 25.8 Å². The van der Waals surface area contributed by atoms with E-state index in [4.69, 9.17) is 0 Å². The third-order valence-electron chi connectivity index (χ3n) is 5.30. The van der Waals surface area contributed by atoms with Crippen molar-refractivity contribution in [3.8, 4) is 11.4 Å². The quantitative estimate of drug-likeness (QED) is 0.322. The van der Waals surface area contributed by atoms with Gasteiger partial charge in [0.15, 0.2) is 5.16 Å². The highest BCUT2D eigenvalue weighted by atomic mass is 32.2. The highest BCUT2D eigenvalue weighted by molar-refractivity contribution is 7.98. The lowest BCUT2D eigenvalue weighted by Crippen LogP contribution is -2.22. The third kappa shape index (κ3) is 3.84. The first kappa shape index (κ1) is 21.1. The highest BCUT2D eigenvalue weighted by Gasteiger charge is 2.19. The summed E-state index contributed by atoms with van der Waals surface area (Å²) in [6, 6.07) is 21.5. The Bertz CT molecular complexity index is 1530. The van der Waals surface area contributed by atoms with E-state index in [9.17, 15) is 13.6 Å². The SMILES string of the molecule is Cc1ccccc1-n1c(=O)c2ccccc2n2c(SCc3ccccc3OC(F)F)nnc12. The summed E-state index contributed by atoms with van der Waals surface area (Å²) in [7, 11) is 0. The Morgan fingerprint density at radius 1 is 0.970 bits per heavy atom. The number of rotatable bonds is 6. The predicted octanol–water partition coefficient (Wildman–Crippen LogP) is 5.24. The summed E-state index contributed by atoms with van der Waals surface area (Å²) < 4.78 is 33.6. The molecule has 0 saturated heterocycles. The molecule has 0 unspecified atom stereocenters. The van der Waals surface area contributed by atoms with Crippen LogP contribution in [0.25, 0.3) is 22.4 Å². The third-order valence-corrected chi connectivity index (χ3v) is 6.27. The lowest BCUT2D eigenvalue weighted by molar-refractivity contribution is -0.0503. The van der Waals surface area contributed by atoms with Gasteiger partial charge in [-0.25, -0.2) is 4.57 Å². The van der Waals surface area contributed by atoms with Gasteiger partial charge in [0.2, 0.25) is 5.78 Å². The second-order valence-corrected chi connectivity index (χ2v) is 8.28. The number of alkyl halides is 2. The molecular weight excluding hydrogens is 446 g/mol. The molecule has 0 fully saturated rings. The summed E-state index contributed by atoms with van der Waals surface area (Å²) in [5.41, 5.74) is 2.74. The van der Waals surface area contributed by atoms with Gasteiger partial charge < -0.3 is 4.74 Å². The maximum atomic E-state index is 13.4. The zero-order chi connectivity index (χ0) is 22.9. The van der Waals surface area contributed by atoms with Crippen molar-refractivity contribution in [3.05, 3.63) is 94.3 Å². The molecule has 0 radical (unpaired) electrons. The molecule has 3 aromatic carbocycles. The lowest BCUT2D eigenvalue weighted by atomic mass is 10.2. The van der Waals surface area contributed by atoms with Gasteiger partial charge in [-0.15, -0.1) is 10.2 Å². The molecule has 0 amide bonds. The number of hydrogen-bond acceptors (Lipinski definition) is 5. The molecule has 0 aliphatic carbocycles. The van der Waals surface area contributed by atoms with Gasteiger partial charge in [0.25, 0.3) is 5.56 Å². The summed E-state index contributed by atoms with van der Waals surface area (Å²) in [5.74, 6) is 0.838. The molecule has 0 atom stereocenters. The van der Waals surface area contributed by atoms with Crippen molar-refractivity contribution in [2.45, 2.75) is 24.4 Å². The van der Waals surface area contributed by atoms with Crippen molar-refractivity contribution in [1.29, 1.82) is 0 Å². The minimum Gasteiger partial charge on any atom is -0.435 e. The average Bonchev–Trinajstić information content (AvgIpc) is 3.23. The monoisotopic (exact) mass is 464 g/mol. The van der Waals surface area contributed by atoms with Crippen molar-refractivity contribution in [1.82, 2.24) is 19.2 Å². The Morgan fingerprint density at radius 2 is 1.70 bits per heavy atom. The van der Waals surface area contributed by atoms with Crippen LogP contribution in [0.2, 0.25) is 0 Å². The van der Waals surface area contributed by atoms with Crippen LogP contribution in [0.1, 0.15) is 11.1 Å². The topological polar surface area (TPSA) is 61.4 Å². The van der Waals surface area contributed by atoms with E-state index in [0.717, 1.165) is 11.3 Å². The van der Waals surface area contributed by atoms with E-state index in [1.807, 2.05) is 53.8 Å². The smallest absolute Gasteiger partial charge is 0.387 e. The first-order chi connectivity index (χ1) is 16.0. The number of aromatic nitrogens is 4. The Kier molecular flexibility index (Phi) is 5.55. The number of ether oxygens (including phenoxy) is 1. The molecule has 5 rings (SSSR count). The van der Waals surface area contributed by atoms with Gasteiger partial charge in [-0.2, -0.15) is 8.78 Å². The molecule has 166 valence electrons. The maximum absolute atomic E-state index is 13.4. The second-order valence-electron chi connectivity index (χ2n) is 7.34. The Morgan fingerprint density at radius 3 is 2.52 bits per heavy atom. The van der Waals surface area contributed by atoms with Crippen LogP contribution in [0.4, 0.5) is 8.78 Å². The van der Waals surface area contributed by atoms with Gasteiger partial charge in [-0.05, 0) is 36.8 Å². The van der Waals surface area contributed by atoms with Gasteiger partial charge >= 0.3 is 6.61 Å². The molecule has 0 bridgehead atoms. The van der Waals surface area contributed by atoms with E-state index in [1.165, 1.54) is 17.8 Å². The molecule has 5 aromatic rings. The molecule has 0 spiro atoms. The number of benzene rings is 3. The summed E-state index contributed by atoms with van der Waals surface area (Å²) in [6.45, 7) is -0.975. The van der Waals surface area contributed by atoms with Crippen molar-refractivity contribution < 1.29 is 13.5 Å².